The van der Waals surface area contributed by atoms with Gasteiger partial charge in [0.25, 0.3) is 0 Å². The van der Waals surface area contributed by atoms with Crippen molar-refractivity contribution in [2.75, 3.05) is 13.6 Å². The Kier molecular flexibility index (Phi) is 2.35. The van der Waals surface area contributed by atoms with Crippen LogP contribution in [0.4, 0.5) is 0 Å². The summed E-state index contributed by atoms with van der Waals surface area (Å²) in [5.74, 6) is 1.73. The molecule has 1 saturated heterocycles. The summed E-state index contributed by atoms with van der Waals surface area (Å²) < 4.78 is 0. The summed E-state index contributed by atoms with van der Waals surface area (Å²) in [5, 5.41) is 0. The highest BCUT2D eigenvalue weighted by Gasteiger charge is 2.30. The Hall–Kier alpha value is -0.0400. The summed E-state index contributed by atoms with van der Waals surface area (Å²) >= 11 is 0. The van der Waals surface area contributed by atoms with E-state index in [0.717, 1.165) is 17.9 Å². The van der Waals surface area contributed by atoms with E-state index in [1.165, 1.54) is 13.0 Å². The van der Waals surface area contributed by atoms with Gasteiger partial charge in [-0.05, 0) is 31.8 Å². The van der Waals surface area contributed by atoms with E-state index in [2.05, 4.69) is 32.7 Å². The average molecular weight is 141 g/mol. The van der Waals surface area contributed by atoms with Crippen LogP contribution in [0.5, 0.6) is 0 Å². The lowest BCUT2D eigenvalue weighted by Gasteiger charge is -2.26. The topological polar surface area (TPSA) is 3.24 Å². The van der Waals surface area contributed by atoms with Gasteiger partial charge >= 0.3 is 0 Å². The quantitative estimate of drug-likeness (QED) is 0.539. The van der Waals surface area contributed by atoms with Crippen LogP contribution >= 0.6 is 0 Å². The number of hydrogen-bond acceptors (Lipinski definition) is 1. The van der Waals surface area contributed by atoms with Crippen LogP contribution in [-0.4, -0.2) is 24.5 Å². The predicted octanol–water partition coefficient (Wildman–Crippen LogP) is 1.98. The normalized spacial score (nSPS) is 35.7. The molecule has 0 aromatic carbocycles. The van der Waals surface area contributed by atoms with E-state index in [1.807, 2.05) is 0 Å². The van der Waals surface area contributed by atoms with Crippen LogP contribution in [0.15, 0.2) is 0 Å². The molecule has 1 aliphatic rings. The van der Waals surface area contributed by atoms with E-state index in [0.29, 0.717) is 0 Å². The van der Waals surface area contributed by atoms with Gasteiger partial charge in [-0.3, -0.25) is 0 Å². The van der Waals surface area contributed by atoms with Crippen molar-refractivity contribution >= 4 is 0 Å². The van der Waals surface area contributed by atoms with Crippen LogP contribution in [0.2, 0.25) is 0 Å². The second-order valence-corrected chi connectivity index (χ2v) is 3.98. The molecular weight excluding hydrogens is 122 g/mol. The van der Waals surface area contributed by atoms with Crippen molar-refractivity contribution in [3.8, 4) is 0 Å². The van der Waals surface area contributed by atoms with E-state index in [1.54, 1.807) is 0 Å². The first-order valence-electron chi connectivity index (χ1n) is 4.33. The first kappa shape index (κ1) is 8.06. The molecule has 0 aliphatic carbocycles. The molecule has 0 unspecified atom stereocenters. The van der Waals surface area contributed by atoms with Crippen LogP contribution in [0.25, 0.3) is 0 Å². The molecule has 0 bridgehead atoms. The van der Waals surface area contributed by atoms with Crippen LogP contribution in [0.1, 0.15) is 27.2 Å². The van der Waals surface area contributed by atoms with Gasteiger partial charge in [0.15, 0.2) is 0 Å². The number of rotatable bonds is 1. The Balaban J connectivity index is 2.54. The minimum atomic E-state index is 0.822. The molecular formula is C9H19N. The third-order valence-corrected chi connectivity index (χ3v) is 2.71. The van der Waals surface area contributed by atoms with Gasteiger partial charge in [-0.1, -0.05) is 20.8 Å². The van der Waals surface area contributed by atoms with Gasteiger partial charge in [0.1, 0.15) is 0 Å². The van der Waals surface area contributed by atoms with Gasteiger partial charge in [0, 0.05) is 6.04 Å². The smallest absolute Gasteiger partial charge is 0.0141 e. The van der Waals surface area contributed by atoms with Crippen LogP contribution in [0, 0.1) is 11.8 Å². The van der Waals surface area contributed by atoms with Crippen molar-refractivity contribution in [3.63, 3.8) is 0 Å². The van der Waals surface area contributed by atoms with Crippen molar-refractivity contribution < 1.29 is 0 Å². The standard InChI is InChI=1S/C9H19N/c1-7(2)9-8(3)5-6-10(9)4/h7-9H,5-6H2,1-4H3/t8-,9+/m1/s1. The average Bonchev–Trinajstić information content (AvgIpc) is 2.11. The summed E-state index contributed by atoms with van der Waals surface area (Å²) in [6.07, 6.45) is 1.39. The molecule has 10 heavy (non-hydrogen) atoms. The fourth-order valence-corrected chi connectivity index (χ4v) is 2.33. The Morgan fingerprint density at radius 1 is 1.40 bits per heavy atom. The second-order valence-electron chi connectivity index (χ2n) is 3.98. The molecule has 1 heterocycles. The van der Waals surface area contributed by atoms with Crippen molar-refractivity contribution in [2.24, 2.45) is 11.8 Å². The number of nitrogens with zero attached hydrogens (tertiary/aromatic N) is 1. The maximum Gasteiger partial charge on any atom is 0.0141 e. The molecule has 0 radical (unpaired) electrons. The fourth-order valence-electron chi connectivity index (χ4n) is 2.33. The molecule has 1 heteroatoms. The van der Waals surface area contributed by atoms with Gasteiger partial charge in [0.2, 0.25) is 0 Å². The third-order valence-electron chi connectivity index (χ3n) is 2.71. The fraction of sp³-hybridized carbons (Fsp3) is 1.00. The Labute approximate surface area is 64.4 Å². The molecule has 0 amide bonds. The zero-order valence-corrected chi connectivity index (χ0v) is 7.59. The molecule has 0 aromatic rings. The third kappa shape index (κ3) is 1.34. The first-order valence-corrected chi connectivity index (χ1v) is 4.33. The highest BCUT2D eigenvalue weighted by molar-refractivity contribution is 4.84. The minimum absolute atomic E-state index is 0.822. The minimum Gasteiger partial charge on any atom is -0.303 e. The van der Waals surface area contributed by atoms with Gasteiger partial charge in [-0.2, -0.15) is 0 Å². The summed E-state index contributed by atoms with van der Waals surface area (Å²) in [5.41, 5.74) is 0. The van der Waals surface area contributed by atoms with Gasteiger partial charge in [0.05, 0.1) is 0 Å². The van der Waals surface area contributed by atoms with E-state index in [4.69, 9.17) is 0 Å². The molecule has 1 aliphatic heterocycles. The monoisotopic (exact) mass is 141 g/mol. The summed E-state index contributed by atoms with van der Waals surface area (Å²) in [6.45, 7) is 8.31. The molecule has 1 nitrogen and oxygen atoms in total. The maximum atomic E-state index is 2.50. The molecule has 0 saturated carbocycles. The summed E-state index contributed by atoms with van der Waals surface area (Å²) in [7, 11) is 2.24. The predicted molar refractivity (Wildman–Crippen MR) is 45.0 cm³/mol. The Morgan fingerprint density at radius 2 is 2.00 bits per heavy atom. The van der Waals surface area contributed by atoms with E-state index in [9.17, 15) is 0 Å². The molecule has 1 fully saturated rings. The molecule has 1 rings (SSSR count). The SMILES string of the molecule is CC(C)[C@H]1[C@H](C)CCN1C. The summed E-state index contributed by atoms with van der Waals surface area (Å²) in [6, 6.07) is 0.833. The molecule has 0 N–H and O–H groups in total. The zero-order chi connectivity index (χ0) is 7.72. The van der Waals surface area contributed by atoms with Gasteiger partial charge in [-0.15, -0.1) is 0 Å². The summed E-state index contributed by atoms with van der Waals surface area (Å²) in [4.78, 5) is 2.50. The van der Waals surface area contributed by atoms with E-state index in [-0.39, 0.29) is 0 Å². The van der Waals surface area contributed by atoms with Crippen molar-refractivity contribution in [1.82, 2.24) is 4.90 Å². The molecule has 0 spiro atoms. The lowest BCUT2D eigenvalue weighted by molar-refractivity contribution is 0.218. The van der Waals surface area contributed by atoms with Crippen molar-refractivity contribution in [3.05, 3.63) is 0 Å². The maximum absolute atomic E-state index is 2.50. The Morgan fingerprint density at radius 3 is 2.20 bits per heavy atom. The first-order chi connectivity index (χ1) is 4.63. The van der Waals surface area contributed by atoms with Crippen molar-refractivity contribution in [2.45, 2.75) is 33.2 Å². The van der Waals surface area contributed by atoms with Crippen LogP contribution in [0.3, 0.4) is 0 Å². The van der Waals surface area contributed by atoms with Crippen LogP contribution in [-0.2, 0) is 0 Å². The second kappa shape index (κ2) is 2.91. The van der Waals surface area contributed by atoms with Gasteiger partial charge in [-0.25, -0.2) is 0 Å². The molecule has 2 atom stereocenters. The highest BCUT2D eigenvalue weighted by Crippen LogP contribution is 2.27. The zero-order valence-electron chi connectivity index (χ0n) is 7.59. The van der Waals surface area contributed by atoms with Crippen molar-refractivity contribution in [1.29, 1.82) is 0 Å². The van der Waals surface area contributed by atoms with E-state index < -0.39 is 0 Å². The number of likely N-dealkylation sites (tertiary alicyclic amines) is 1. The largest absolute Gasteiger partial charge is 0.303 e. The lowest BCUT2D eigenvalue weighted by atomic mass is 9.93. The molecule has 60 valence electrons. The van der Waals surface area contributed by atoms with Crippen LogP contribution < -0.4 is 0 Å². The number of hydrogen-bond donors (Lipinski definition) is 0. The van der Waals surface area contributed by atoms with E-state index >= 15 is 0 Å². The highest BCUT2D eigenvalue weighted by atomic mass is 15.2. The van der Waals surface area contributed by atoms with Gasteiger partial charge < -0.3 is 4.90 Å². The molecule has 0 aromatic heterocycles. The lowest BCUT2D eigenvalue weighted by Crippen LogP contribution is -2.33. The Bertz CT molecular complexity index is 99.3.